The van der Waals surface area contributed by atoms with Crippen molar-refractivity contribution in [1.29, 1.82) is 0 Å². The number of rotatable bonds is 4. The van der Waals surface area contributed by atoms with Gasteiger partial charge < -0.3 is 14.6 Å². The Hall–Kier alpha value is -3.39. The second-order valence-corrected chi connectivity index (χ2v) is 7.70. The number of benzene rings is 1. The topological polar surface area (TPSA) is 73.2 Å². The Morgan fingerprint density at radius 1 is 1.00 bits per heavy atom. The van der Waals surface area contributed by atoms with Crippen LogP contribution in [0.5, 0.6) is 0 Å². The highest BCUT2D eigenvalue weighted by Gasteiger charge is 2.24. The maximum absolute atomic E-state index is 12.9. The second kappa shape index (κ2) is 7.79. The minimum Gasteiger partial charge on any atom is -0.336 e. The molecule has 30 heavy (non-hydrogen) atoms. The average molecular weight is 404 g/mol. The van der Waals surface area contributed by atoms with Crippen molar-refractivity contribution < 1.29 is 9.59 Å². The molecule has 2 saturated heterocycles. The van der Waals surface area contributed by atoms with Crippen LogP contribution in [-0.2, 0) is 6.54 Å². The molecule has 0 saturated carbocycles. The molecule has 5 rings (SSSR count). The van der Waals surface area contributed by atoms with Gasteiger partial charge in [0.1, 0.15) is 5.65 Å². The fourth-order valence-electron chi connectivity index (χ4n) is 4.09. The summed E-state index contributed by atoms with van der Waals surface area (Å²) >= 11 is 0. The number of carbonyl (C=O) groups is 2. The van der Waals surface area contributed by atoms with E-state index in [0.717, 1.165) is 36.7 Å². The Balaban J connectivity index is 1.18. The molecule has 8 nitrogen and oxygen atoms in total. The van der Waals surface area contributed by atoms with Crippen LogP contribution in [-0.4, -0.2) is 70.4 Å². The summed E-state index contributed by atoms with van der Waals surface area (Å²) in [6, 6.07) is 13.2. The molecule has 2 fully saturated rings. The molecule has 3 amide bonds. The Kier molecular flexibility index (Phi) is 4.84. The molecule has 4 heterocycles. The number of hydrogen-bond donors (Lipinski definition) is 1. The largest absolute Gasteiger partial charge is 0.336 e. The van der Waals surface area contributed by atoms with Gasteiger partial charge in [0.2, 0.25) is 0 Å². The number of hydrogen-bond acceptors (Lipinski definition) is 4. The zero-order valence-corrected chi connectivity index (χ0v) is 16.7. The zero-order valence-electron chi connectivity index (χ0n) is 16.7. The molecule has 1 aromatic carbocycles. The molecular formula is C22H24N6O2. The summed E-state index contributed by atoms with van der Waals surface area (Å²) in [7, 11) is 0. The van der Waals surface area contributed by atoms with E-state index < -0.39 is 0 Å². The minimum atomic E-state index is -0.0872. The summed E-state index contributed by atoms with van der Waals surface area (Å²) in [6.45, 7) is 5.14. The molecule has 2 aromatic heterocycles. The SMILES string of the molecule is O=C(c1ccc(N2CCNC2=O)cc1)N1CCN(Cc2cn3ccccc3n2)CC1. The summed E-state index contributed by atoms with van der Waals surface area (Å²) in [4.78, 5) is 35.2. The summed E-state index contributed by atoms with van der Waals surface area (Å²) < 4.78 is 2.03. The number of carbonyl (C=O) groups excluding carboxylic acids is 2. The lowest BCUT2D eigenvalue weighted by Gasteiger charge is -2.34. The Bertz CT molecular complexity index is 1040. The molecule has 1 N–H and O–H groups in total. The van der Waals surface area contributed by atoms with E-state index in [9.17, 15) is 9.59 Å². The normalized spacial score (nSPS) is 17.5. The quantitative estimate of drug-likeness (QED) is 0.720. The van der Waals surface area contributed by atoms with E-state index in [1.165, 1.54) is 0 Å². The predicted octanol–water partition coefficient (Wildman–Crippen LogP) is 1.82. The summed E-state index contributed by atoms with van der Waals surface area (Å²) in [5.74, 6) is 0.0415. The molecule has 2 aliphatic heterocycles. The third kappa shape index (κ3) is 3.61. The number of urea groups is 1. The number of nitrogens with zero attached hydrogens (tertiary/aromatic N) is 5. The van der Waals surface area contributed by atoms with Crippen LogP contribution >= 0.6 is 0 Å². The summed E-state index contributed by atoms with van der Waals surface area (Å²) in [5, 5.41) is 2.79. The van der Waals surface area contributed by atoms with Crippen LogP contribution in [0.15, 0.2) is 54.9 Å². The lowest BCUT2D eigenvalue weighted by atomic mass is 10.1. The van der Waals surface area contributed by atoms with Crippen molar-refractivity contribution in [2.75, 3.05) is 44.2 Å². The van der Waals surface area contributed by atoms with Crippen molar-refractivity contribution in [3.05, 3.63) is 66.1 Å². The van der Waals surface area contributed by atoms with Crippen LogP contribution < -0.4 is 10.2 Å². The van der Waals surface area contributed by atoms with Crippen molar-refractivity contribution in [2.45, 2.75) is 6.54 Å². The number of anilines is 1. The molecule has 0 spiro atoms. The number of aromatic nitrogens is 2. The van der Waals surface area contributed by atoms with E-state index in [4.69, 9.17) is 0 Å². The molecule has 0 radical (unpaired) electrons. The van der Waals surface area contributed by atoms with Crippen LogP contribution in [0, 0.1) is 0 Å². The van der Waals surface area contributed by atoms with Gasteiger partial charge in [-0.3, -0.25) is 14.6 Å². The highest BCUT2D eigenvalue weighted by Crippen LogP contribution is 2.19. The average Bonchev–Trinajstić information content (AvgIpc) is 3.39. The van der Waals surface area contributed by atoms with Gasteiger partial charge in [0.25, 0.3) is 5.91 Å². The first kappa shape index (κ1) is 18.6. The van der Waals surface area contributed by atoms with Crippen molar-refractivity contribution in [3.8, 4) is 0 Å². The van der Waals surface area contributed by atoms with Crippen molar-refractivity contribution in [2.24, 2.45) is 0 Å². The van der Waals surface area contributed by atoms with E-state index in [0.29, 0.717) is 31.7 Å². The first-order chi connectivity index (χ1) is 14.7. The van der Waals surface area contributed by atoms with Gasteiger partial charge in [-0.05, 0) is 36.4 Å². The lowest BCUT2D eigenvalue weighted by molar-refractivity contribution is 0.0627. The van der Waals surface area contributed by atoms with Gasteiger partial charge in [0, 0.05) is 69.5 Å². The van der Waals surface area contributed by atoms with Crippen molar-refractivity contribution >= 4 is 23.3 Å². The van der Waals surface area contributed by atoms with Gasteiger partial charge in [-0.25, -0.2) is 9.78 Å². The van der Waals surface area contributed by atoms with Gasteiger partial charge in [0.05, 0.1) is 5.69 Å². The first-order valence-electron chi connectivity index (χ1n) is 10.3. The number of fused-ring (bicyclic) bond motifs is 1. The Morgan fingerprint density at radius 3 is 2.50 bits per heavy atom. The van der Waals surface area contributed by atoms with Gasteiger partial charge in [0.15, 0.2) is 0 Å². The van der Waals surface area contributed by atoms with E-state index in [-0.39, 0.29) is 11.9 Å². The number of piperazine rings is 1. The van der Waals surface area contributed by atoms with Crippen LogP contribution in [0.3, 0.4) is 0 Å². The smallest absolute Gasteiger partial charge is 0.321 e. The predicted molar refractivity (Wildman–Crippen MR) is 114 cm³/mol. The highest BCUT2D eigenvalue weighted by molar-refractivity contribution is 5.97. The maximum atomic E-state index is 12.9. The molecule has 0 atom stereocenters. The Morgan fingerprint density at radius 2 is 1.80 bits per heavy atom. The first-order valence-corrected chi connectivity index (χ1v) is 10.3. The van der Waals surface area contributed by atoms with E-state index in [1.54, 1.807) is 4.90 Å². The standard InChI is InChI=1S/C22H24N6O2/c29-21(17-4-6-19(7-5-17)28-10-8-23-22(28)30)26-13-11-25(12-14-26)15-18-16-27-9-2-1-3-20(27)24-18/h1-7,9,16H,8,10-15H2,(H,23,30). The minimum absolute atomic E-state index is 0.0415. The van der Waals surface area contributed by atoms with Crippen LogP contribution in [0.25, 0.3) is 5.65 Å². The van der Waals surface area contributed by atoms with Gasteiger partial charge >= 0.3 is 6.03 Å². The molecule has 0 aliphatic carbocycles. The third-order valence-corrected chi connectivity index (χ3v) is 5.74. The summed E-state index contributed by atoms with van der Waals surface area (Å²) in [5.41, 5.74) is 3.48. The summed E-state index contributed by atoms with van der Waals surface area (Å²) in [6.07, 6.45) is 4.07. The van der Waals surface area contributed by atoms with E-state index >= 15 is 0 Å². The van der Waals surface area contributed by atoms with Gasteiger partial charge in [-0.15, -0.1) is 0 Å². The number of imidazole rings is 1. The molecule has 2 aliphatic rings. The zero-order chi connectivity index (χ0) is 20.5. The van der Waals surface area contributed by atoms with E-state index in [1.807, 2.05) is 58.0 Å². The number of pyridine rings is 1. The highest BCUT2D eigenvalue weighted by atomic mass is 16.2. The number of amides is 3. The number of nitrogens with one attached hydrogen (secondary N) is 1. The molecular weight excluding hydrogens is 380 g/mol. The maximum Gasteiger partial charge on any atom is 0.321 e. The van der Waals surface area contributed by atoms with Gasteiger partial charge in [-0.1, -0.05) is 6.07 Å². The Labute approximate surface area is 174 Å². The molecule has 154 valence electrons. The fourth-order valence-corrected chi connectivity index (χ4v) is 4.09. The van der Waals surface area contributed by atoms with Crippen LogP contribution in [0.4, 0.5) is 10.5 Å². The van der Waals surface area contributed by atoms with Crippen LogP contribution in [0.2, 0.25) is 0 Å². The fraction of sp³-hybridized carbons (Fsp3) is 0.318. The third-order valence-electron chi connectivity index (χ3n) is 5.74. The van der Waals surface area contributed by atoms with Crippen molar-refractivity contribution in [3.63, 3.8) is 0 Å². The second-order valence-electron chi connectivity index (χ2n) is 7.70. The molecule has 0 unspecified atom stereocenters. The lowest BCUT2D eigenvalue weighted by Crippen LogP contribution is -2.48. The molecule has 3 aromatic rings. The molecule has 8 heteroatoms. The van der Waals surface area contributed by atoms with Gasteiger partial charge in [-0.2, -0.15) is 0 Å². The van der Waals surface area contributed by atoms with Crippen LogP contribution in [0.1, 0.15) is 16.1 Å². The molecule has 0 bridgehead atoms. The van der Waals surface area contributed by atoms with E-state index in [2.05, 4.69) is 21.4 Å². The monoisotopic (exact) mass is 404 g/mol. The van der Waals surface area contributed by atoms with Crippen molar-refractivity contribution in [1.82, 2.24) is 24.5 Å².